The van der Waals surface area contributed by atoms with Crippen LogP contribution in [0.5, 0.6) is 0 Å². The summed E-state index contributed by atoms with van der Waals surface area (Å²) >= 11 is 0. The molecule has 0 radical (unpaired) electrons. The van der Waals surface area contributed by atoms with E-state index in [0.29, 0.717) is 0 Å². The number of rotatable bonds is 3. The zero-order valence-corrected chi connectivity index (χ0v) is 10.3. The number of hydrogen-bond acceptors (Lipinski definition) is 4. The minimum Gasteiger partial charge on any atom is -0.323 e. The van der Waals surface area contributed by atoms with Crippen LogP contribution in [-0.2, 0) is 9.84 Å². The number of nitrogens with two attached hydrogens (primary N) is 1. The topological polar surface area (TPSA) is 73.0 Å². The van der Waals surface area contributed by atoms with E-state index in [2.05, 4.69) is 4.98 Å². The molecule has 5 heteroatoms. The second-order valence-corrected chi connectivity index (χ2v) is 6.34. The molecule has 0 fully saturated rings. The number of fused-ring (bicyclic) bond motifs is 1. The fraction of sp³-hybridized carbons (Fsp3) is 0.250. The smallest absolute Gasteiger partial charge is 0.149 e. The van der Waals surface area contributed by atoms with Gasteiger partial charge < -0.3 is 5.73 Å². The van der Waals surface area contributed by atoms with E-state index in [1.807, 2.05) is 30.3 Å². The van der Waals surface area contributed by atoms with E-state index in [1.54, 1.807) is 6.20 Å². The molecule has 0 amide bonds. The molecule has 1 heterocycles. The van der Waals surface area contributed by atoms with E-state index in [-0.39, 0.29) is 5.75 Å². The van der Waals surface area contributed by atoms with E-state index in [9.17, 15) is 8.42 Å². The van der Waals surface area contributed by atoms with Gasteiger partial charge in [0.15, 0.2) is 0 Å². The van der Waals surface area contributed by atoms with E-state index in [0.717, 1.165) is 16.5 Å². The summed E-state index contributed by atoms with van der Waals surface area (Å²) in [6.45, 7) is 0. The molecule has 2 aromatic rings. The predicted octanol–water partition coefficient (Wildman–Crippen LogP) is 1.28. The Kier molecular flexibility index (Phi) is 3.13. The Morgan fingerprint density at radius 2 is 2.12 bits per heavy atom. The van der Waals surface area contributed by atoms with Crippen molar-refractivity contribution in [1.29, 1.82) is 0 Å². The minimum atomic E-state index is -3.07. The summed E-state index contributed by atoms with van der Waals surface area (Å²) in [5.74, 6) is -0.0503. The molecule has 0 saturated carbocycles. The number of sulfone groups is 1. The van der Waals surface area contributed by atoms with E-state index in [4.69, 9.17) is 5.73 Å². The number of hydrogen-bond donors (Lipinski definition) is 1. The lowest BCUT2D eigenvalue weighted by atomic mass is 10.1. The van der Waals surface area contributed by atoms with Crippen molar-refractivity contribution in [3.8, 4) is 0 Å². The van der Waals surface area contributed by atoms with Gasteiger partial charge in [-0.1, -0.05) is 18.2 Å². The highest BCUT2D eigenvalue weighted by Crippen LogP contribution is 2.18. The van der Waals surface area contributed by atoms with Crippen LogP contribution in [0.3, 0.4) is 0 Å². The van der Waals surface area contributed by atoms with E-state index in [1.165, 1.54) is 6.26 Å². The van der Waals surface area contributed by atoms with Gasteiger partial charge in [-0.3, -0.25) is 4.98 Å². The molecule has 17 heavy (non-hydrogen) atoms. The molecular weight excluding hydrogens is 236 g/mol. The van der Waals surface area contributed by atoms with Gasteiger partial charge in [0.1, 0.15) is 9.84 Å². The number of nitrogens with zero attached hydrogens (tertiary/aromatic N) is 1. The van der Waals surface area contributed by atoms with Crippen molar-refractivity contribution >= 4 is 20.7 Å². The zero-order chi connectivity index (χ0) is 12.5. The van der Waals surface area contributed by atoms with Crippen LogP contribution in [0.2, 0.25) is 0 Å². The Morgan fingerprint density at radius 1 is 1.35 bits per heavy atom. The predicted molar refractivity (Wildman–Crippen MR) is 68.4 cm³/mol. The highest BCUT2D eigenvalue weighted by atomic mass is 32.2. The molecular formula is C12H14N2O2S. The van der Waals surface area contributed by atoms with Crippen molar-refractivity contribution in [3.05, 3.63) is 42.1 Å². The minimum absolute atomic E-state index is 0.0503. The zero-order valence-electron chi connectivity index (χ0n) is 9.50. The fourth-order valence-electron chi connectivity index (χ4n) is 1.74. The maximum absolute atomic E-state index is 11.2. The largest absolute Gasteiger partial charge is 0.323 e. The Hall–Kier alpha value is -1.46. The van der Waals surface area contributed by atoms with Gasteiger partial charge in [0.05, 0.1) is 11.3 Å². The van der Waals surface area contributed by atoms with Crippen LogP contribution in [0.25, 0.3) is 10.9 Å². The highest BCUT2D eigenvalue weighted by molar-refractivity contribution is 7.90. The molecule has 2 rings (SSSR count). The van der Waals surface area contributed by atoms with Crippen molar-refractivity contribution in [1.82, 2.24) is 4.98 Å². The quantitative estimate of drug-likeness (QED) is 0.890. The monoisotopic (exact) mass is 250 g/mol. The van der Waals surface area contributed by atoms with Crippen LogP contribution in [0.1, 0.15) is 11.6 Å². The van der Waals surface area contributed by atoms with Crippen LogP contribution in [0.15, 0.2) is 36.5 Å². The Balaban J connectivity index is 2.36. The fourth-order valence-corrected chi connectivity index (χ4v) is 2.58. The summed E-state index contributed by atoms with van der Waals surface area (Å²) in [6, 6.07) is 8.90. The third-order valence-electron chi connectivity index (χ3n) is 2.54. The number of pyridine rings is 1. The van der Waals surface area contributed by atoms with Gasteiger partial charge in [-0.05, 0) is 17.7 Å². The molecule has 4 nitrogen and oxygen atoms in total. The van der Waals surface area contributed by atoms with Crippen LogP contribution in [0.4, 0.5) is 0 Å². The molecule has 0 aliphatic heterocycles. The van der Waals surface area contributed by atoms with Gasteiger partial charge >= 0.3 is 0 Å². The van der Waals surface area contributed by atoms with Gasteiger partial charge in [0.25, 0.3) is 0 Å². The van der Waals surface area contributed by atoms with Crippen LogP contribution >= 0.6 is 0 Å². The van der Waals surface area contributed by atoms with Gasteiger partial charge in [0.2, 0.25) is 0 Å². The molecule has 0 spiro atoms. The molecule has 0 aliphatic carbocycles. The average Bonchev–Trinajstić information content (AvgIpc) is 2.26. The summed E-state index contributed by atoms with van der Waals surface area (Å²) in [5, 5.41) is 1.02. The summed E-state index contributed by atoms with van der Waals surface area (Å²) < 4.78 is 22.4. The second-order valence-electron chi connectivity index (χ2n) is 4.15. The number of aromatic nitrogens is 1. The van der Waals surface area contributed by atoms with Crippen molar-refractivity contribution in [2.45, 2.75) is 6.04 Å². The van der Waals surface area contributed by atoms with E-state index >= 15 is 0 Å². The van der Waals surface area contributed by atoms with Crippen molar-refractivity contribution in [2.75, 3.05) is 12.0 Å². The normalized spacial score (nSPS) is 13.8. The molecule has 0 bridgehead atoms. The first-order valence-corrected chi connectivity index (χ1v) is 7.30. The lowest BCUT2D eigenvalue weighted by Gasteiger charge is -2.11. The first-order chi connectivity index (χ1) is 7.96. The highest BCUT2D eigenvalue weighted by Gasteiger charge is 2.13. The maximum Gasteiger partial charge on any atom is 0.149 e. The maximum atomic E-state index is 11.2. The van der Waals surface area contributed by atoms with Gasteiger partial charge in [0, 0.05) is 23.9 Å². The molecule has 1 aromatic carbocycles. The summed E-state index contributed by atoms with van der Waals surface area (Å²) in [7, 11) is -3.07. The van der Waals surface area contributed by atoms with Crippen molar-refractivity contribution < 1.29 is 8.42 Å². The summed E-state index contributed by atoms with van der Waals surface area (Å²) in [5.41, 5.74) is 7.49. The summed E-state index contributed by atoms with van der Waals surface area (Å²) in [6.07, 6.45) is 2.89. The third-order valence-corrected chi connectivity index (χ3v) is 3.51. The average molecular weight is 250 g/mol. The van der Waals surface area contributed by atoms with Gasteiger partial charge in [-0.25, -0.2) is 8.42 Å². The van der Waals surface area contributed by atoms with Crippen molar-refractivity contribution in [2.24, 2.45) is 5.73 Å². The molecule has 1 atom stereocenters. The Morgan fingerprint density at radius 3 is 2.82 bits per heavy atom. The van der Waals surface area contributed by atoms with Crippen molar-refractivity contribution in [3.63, 3.8) is 0 Å². The summed E-state index contributed by atoms with van der Waals surface area (Å²) in [4.78, 5) is 4.22. The molecule has 0 saturated heterocycles. The van der Waals surface area contributed by atoms with Crippen LogP contribution in [0, 0.1) is 0 Å². The molecule has 0 aliphatic rings. The first kappa shape index (κ1) is 12.0. The van der Waals surface area contributed by atoms with Crippen LogP contribution < -0.4 is 5.73 Å². The molecule has 90 valence electrons. The Bertz CT molecular complexity index is 638. The standard InChI is InChI=1S/C12H14N2O2S/c1-17(15,16)8-11(13)10-5-4-9-3-2-6-14-12(9)7-10/h2-7,11H,8,13H2,1H3. The first-order valence-electron chi connectivity index (χ1n) is 5.24. The SMILES string of the molecule is CS(=O)(=O)CC(N)c1ccc2cccnc2c1. The third kappa shape index (κ3) is 3.01. The second kappa shape index (κ2) is 4.43. The lowest BCUT2D eigenvalue weighted by Crippen LogP contribution is -2.20. The molecule has 2 N–H and O–H groups in total. The number of benzene rings is 1. The molecule has 1 unspecified atom stereocenters. The van der Waals surface area contributed by atoms with Crippen LogP contribution in [-0.4, -0.2) is 25.4 Å². The Labute approximate surface area is 100 Å². The molecule has 1 aromatic heterocycles. The van der Waals surface area contributed by atoms with Gasteiger partial charge in [-0.15, -0.1) is 0 Å². The van der Waals surface area contributed by atoms with E-state index < -0.39 is 15.9 Å². The lowest BCUT2D eigenvalue weighted by molar-refractivity contribution is 0.595. The van der Waals surface area contributed by atoms with Gasteiger partial charge in [-0.2, -0.15) is 0 Å².